The monoisotopic (exact) mass is 247 g/mol. The molecule has 1 unspecified atom stereocenters. The summed E-state index contributed by atoms with van der Waals surface area (Å²) in [4.78, 5) is 7.84. The van der Waals surface area contributed by atoms with Gasteiger partial charge in [-0.1, -0.05) is 0 Å². The Morgan fingerprint density at radius 3 is 2.78 bits per heavy atom. The van der Waals surface area contributed by atoms with Crippen molar-refractivity contribution in [2.75, 3.05) is 13.2 Å². The Morgan fingerprint density at radius 2 is 2.06 bits per heavy atom. The van der Waals surface area contributed by atoms with Crippen LogP contribution < -0.4 is 15.2 Å². The number of aromatic amines is 1. The van der Waals surface area contributed by atoms with Gasteiger partial charge in [0.05, 0.1) is 11.0 Å². The second-order valence-corrected chi connectivity index (χ2v) is 4.71. The van der Waals surface area contributed by atoms with Gasteiger partial charge in [-0.15, -0.1) is 0 Å². The summed E-state index contributed by atoms with van der Waals surface area (Å²) in [5, 5.41) is 0. The van der Waals surface area contributed by atoms with E-state index < -0.39 is 0 Å². The molecule has 5 nitrogen and oxygen atoms in total. The van der Waals surface area contributed by atoms with Crippen molar-refractivity contribution in [1.29, 1.82) is 0 Å². The van der Waals surface area contributed by atoms with E-state index in [1.807, 2.05) is 19.1 Å². The van der Waals surface area contributed by atoms with Gasteiger partial charge in [0, 0.05) is 24.6 Å². The molecule has 2 heterocycles. The van der Waals surface area contributed by atoms with Gasteiger partial charge in [-0.25, -0.2) is 4.98 Å². The second-order valence-electron chi connectivity index (χ2n) is 4.71. The quantitative estimate of drug-likeness (QED) is 0.864. The second kappa shape index (κ2) is 4.49. The number of benzene rings is 1. The molecule has 5 heteroatoms. The fourth-order valence-electron chi connectivity index (χ4n) is 2.08. The first-order valence-corrected chi connectivity index (χ1v) is 6.26. The molecule has 0 amide bonds. The van der Waals surface area contributed by atoms with E-state index in [2.05, 4.69) is 9.97 Å². The zero-order chi connectivity index (χ0) is 12.5. The largest absolute Gasteiger partial charge is 0.486 e. The number of rotatable bonds is 3. The lowest BCUT2D eigenvalue weighted by Crippen LogP contribution is -2.15. The minimum absolute atomic E-state index is 0.193. The summed E-state index contributed by atoms with van der Waals surface area (Å²) in [6.45, 7) is 3.20. The Bertz CT molecular complexity index is 520. The van der Waals surface area contributed by atoms with E-state index >= 15 is 0 Å². The van der Waals surface area contributed by atoms with Crippen molar-refractivity contribution in [2.24, 2.45) is 5.73 Å². The lowest BCUT2D eigenvalue weighted by Gasteiger charge is -2.17. The molecule has 0 saturated carbocycles. The molecule has 1 aromatic carbocycles. The minimum Gasteiger partial charge on any atom is -0.486 e. The van der Waals surface area contributed by atoms with E-state index in [1.165, 1.54) is 0 Å². The lowest BCUT2D eigenvalue weighted by atomic mass is 10.2. The average Bonchev–Trinajstić information content (AvgIpc) is 2.75. The molecule has 0 fully saturated rings. The Labute approximate surface area is 105 Å². The van der Waals surface area contributed by atoms with Crippen LogP contribution in [0.3, 0.4) is 0 Å². The molecule has 0 aliphatic carbocycles. The summed E-state index contributed by atoms with van der Waals surface area (Å²) in [7, 11) is 0. The first-order chi connectivity index (χ1) is 8.72. The van der Waals surface area contributed by atoms with E-state index in [4.69, 9.17) is 15.2 Å². The average molecular weight is 247 g/mol. The topological polar surface area (TPSA) is 73.2 Å². The van der Waals surface area contributed by atoms with Gasteiger partial charge in [-0.3, -0.25) is 0 Å². The summed E-state index contributed by atoms with van der Waals surface area (Å²) in [5.74, 6) is 2.53. The van der Waals surface area contributed by atoms with E-state index in [0.29, 0.717) is 13.2 Å². The fourth-order valence-corrected chi connectivity index (χ4v) is 2.08. The Balaban J connectivity index is 1.91. The number of imidazole rings is 1. The summed E-state index contributed by atoms with van der Waals surface area (Å²) >= 11 is 0. The Hall–Kier alpha value is -1.75. The molecular formula is C13H17N3O2. The summed E-state index contributed by atoms with van der Waals surface area (Å²) in [5.41, 5.74) is 7.65. The molecule has 0 saturated heterocycles. The molecule has 18 heavy (non-hydrogen) atoms. The molecule has 2 aromatic rings. The van der Waals surface area contributed by atoms with E-state index in [1.54, 1.807) is 0 Å². The van der Waals surface area contributed by atoms with Gasteiger partial charge in [-0.2, -0.15) is 0 Å². The highest BCUT2D eigenvalue weighted by atomic mass is 16.6. The maximum atomic E-state index is 5.75. The zero-order valence-electron chi connectivity index (χ0n) is 10.4. The number of nitrogens with zero attached hydrogens (tertiary/aromatic N) is 1. The molecule has 96 valence electrons. The third kappa shape index (κ3) is 2.13. The standard InChI is InChI=1S/C13H17N3O2/c1-8(14)2-3-13-15-9-6-11-12(7-10(9)16-13)18-5-4-17-11/h6-8H,2-5,14H2,1H3,(H,15,16). The molecule has 1 atom stereocenters. The lowest BCUT2D eigenvalue weighted by molar-refractivity contribution is 0.172. The van der Waals surface area contributed by atoms with Crippen LogP contribution in [0.2, 0.25) is 0 Å². The van der Waals surface area contributed by atoms with Crippen LogP contribution in [0, 0.1) is 0 Å². The number of aromatic nitrogens is 2. The number of H-pyrrole nitrogens is 1. The van der Waals surface area contributed by atoms with Crippen LogP contribution in [0.25, 0.3) is 11.0 Å². The van der Waals surface area contributed by atoms with Gasteiger partial charge in [-0.05, 0) is 13.3 Å². The van der Waals surface area contributed by atoms with Gasteiger partial charge in [0.1, 0.15) is 19.0 Å². The van der Waals surface area contributed by atoms with Crippen molar-refractivity contribution in [3.8, 4) is 11.5 Å². The maximum Gasteiger partial charge on any atom is 0.163 e. The number of nitrogens with two attached hydrogens (primary N) is 1. The highest BCUT2D eigenvalue weighted by Crippen LogP contribution is 2.33. The van der Waals surface area contributed by atoms with Gasteiger partial charge < -0.3 is 20.2 Å². The molecule has 3 rings (SSSR count). The molecule has 0 spiro atoms. The summed E-state index contributed by atoms with van der Waals surface area (Å²) < 4.78 is 11.1. The fraction of sp³-hybridized carbons (Fsp3) is 0.462. The molecular weight excluding hydrogens is 230 g/mol. The van der Waals surface area contributed by atoms with Crippen LogP contribution in [0.15, 0.2) is 12.1 Å². The highest BCUT2D eigenvalue weighted by molar-refractivity contribution is 5.79. The summed E-state index contributed by atoms with van der Waals surface area (Å²) in [6, 6.07) is 4.07. The molecule has 1 aliphatic heterocycles. The molecule has 1 aromatic heterocycles. The number of hydrogen-bond acceptors (Lipinski definition) is 4. The van der Waals surface area contributed by atoms with Crippen LogP contribution in [-0.4, -0.2) is 29.2 Å². The third-order valence-electron chi connectivity index (χ3n) is 3.03. The van der Waals surface area contributed by atoms with Crippen LogP contribution >= 0.6 is 0 Å². The van der Waals surface area contributed by atoms with E-state index in [9.17, 15) is 0 Å². The third-order valence-corrected chi connectivity index (χ3v) is 3.03. The molecule has 0 bridgehead atoms. The highest BCUT2D eigenvalue weighted by Gasteiger charge is 2.14. The first-order valence-electron chi connectivity index (χ1n) is 6.26. The smallest absolute Gasteiger partial charge is 0.163 e. The van der Waals surface area contributed by atoms with Crippen molar-refractivity contribution >= 4 is 11.0 Å². The number of nitrogens with one attached hydrogen (secondary N) is 1. The predicted octanol–water partition coefficient (Wildman–Crippen LogP) is 1.61. The van der Waals surface area contributed by atoms with Crippen molar-refractivity contribution in [2.45, 2.75) is 25.8 Å². The van der Waals surface area contributed by atoms with Gasteiger partial charge >= 0.3 is 0 Å². The van der Waals surface area contributed by atoms with Crippen molar-refractivity contribution in [3.05, 3.63) is 18.0 Å². The zero-order valence-corrected chi connectivity index (χ0v) is 10.4. The van der Waals surface area contributed by atoms with Gasteiger partial charge in [0.2, 0.25) is 0 Å². The normalized spacial score (nSPS) is 15.9. The van der Waals surface area contributed by atoms with Crippen LogP contribution in [-0.2, 0) is 6.42 Å². The van der Waals surface area contributed by atoms with E-state index in [-0.39, 0.29) is 6.04 Å². The Morgan fingerprint density at radius 1 is 1.33 bits per heavy atom. The minimum atomic E-state index is 0.193. The van der Waals surface area contributed by atoms with E-state index in [0.717, 1.165) is 41.2 Å². The number of aryl methyl sites for hydroxylation is 1. The maximum absolute atomic E-state index is 5.75. The number of hydrogen-bond donors (Lipinski definition) is 2. The number of ether oxygens (including phenoxy) is 2. The van der Waals surface area contributed by atoms with Gasteiger partial charge in [0.15, 0.2) is 11.5 Å². The number of fused-ring (bicyclic) bond motifs is 2. The molecule has 3 N–H and O–H groups in total. The molecule has 1 aliphatic rings. The van der Waals surface area contributed by atoms with Crippen LogP contribution in [0.4, 0.5) is 0 Å². The van der Waals surface area contributed by atoms with Crippen LogP contribution in [0.5, 0.6) is 11.5 Å². The SMILES string of the molecule is CC(N)CCc1nc2cc3c(cc2[nH]1)OCCO3. The van der Waals surface area contributed by atoms with Crippen LogP contribution in [0.1, 0.15) is 19.2 Å². The predicted molar refractivity (Wildman–Crippen MR) is 69.1 cm³/mol. The first kappa shape index (κ1) is 11.3. The van der Waals surface area contributed by atoms with Crippen molar-refractivity contribution < 1.29 is 9.47 Å². The van der Waals surface area contributed by atoms with Crippen molar-refractivity contribution in [3.63, 3.8) is 0 Å². The van der Waals surface area contributed by atoms with Crippen molar-refractivity contribution in [1.82, 2.24) is 9.97 Å². The Kier molecular flexibility index (Phi) is 2.83. The summed E-state index contributed by atoms with van der Waals surface area (Å²) in [6.07, 6.45) is 1.78. The van der Waals surface area contributed by atoms with Gasteiger partial charge in [0.25, 0.3) is 0 Å². The molecule has 0 radical (unpaired) electrons.